The SMILES string of the molecule is O=C(NCCNC(=O)c1cc(-c2ccccc2)on1)c1ccc(O)c(O)c1. The average Bonchev–Trinajstić information content (AvgIpc) is 3.18. The zero-order chi connectivity index (χ0) is 19.2. The summed E-state index contributed by atoms with van der Waals surface area (Å²) >= 11 is 0. The van der Waals surface area contributed by atoms with Gasteiger partial charge in [-0.05, 0) is 18.2 Å². The van der Waals surface area contributed by atoms with E-state index in [1.807, 2.05) is 30.3 Å². The van der Waals surface area contributed by atoms with Crippen molar-refractivity contribution < 1.29 is 24.3 Å². The molecular weight excluding hydrogens is 350 g/mol. The number of rotatable bonds is 6. The van der Waals surface area contributed by atoms with Gasteiger partial charge in [0.05, 0.1) is 0 Å². The van der Waals surface area contributed by atoms with E-state index in [1.54, 1.807) is 6.07 Å². The van der Waals surface area contributed by atoms with Gasteiger partial charge in [-0.3, -0.25) is 9.59 Å². The number of benzene rings is 2. The third kappa shape index (κ3) is 4.43. The summed E-state index contributed by atoms with van der Waals surface area (Å²) in [4.78, 5) is 24.0. The van der Waals surface area contributed by atoms with Crippen molar-refractivity contribution in [1.29, 1.82) is 0 Å². The van der Waals surface area contributed by atoms with Gasteiger partial charge in [0.2, 0.25) is 0 Å². The van der Waals surface area contributed by atoms with Crippen LogP contribution in [0.2, 0.25) is 0 Å². The maximum absolute atomic E-state index is 12.1. The van der Waals surface area contributed by atoms with Crippen LogP contribution < -0.4 is 10.6 Å². The van der Waals surface area contributed by atoms with E-state index in [0.29, 0.717) is 5.76 Å². The standard InChI is InChI=1S/C19H17N3O5/c23-15-7-6-13(10-16(15)24)18(25)20-8-9-21-19(26)14-11-17(27-22-14)12-4-2-1-3-5-12/h1-7,10-11,23-24H,8-9H2,(H,20,25)(H,21,26). The molecule has 0 atom stereocenters. The summed E-state index contributed by atoms with van der Waals surface area (Å²) in [5.41, 5.74) is 1.15. The number of aromatic nitrogens is 1. The number of carbonyl (C=O) groups is 2. The fraction of sp³-hybridized carbons (Fsp3) is 0.105. The van der Waals surface area contributed by atoms with Gasteiger partial charge in [0.15, 0.2) is 23.0 Å². The lowest BCUT2D eigenvalue weighted by Gasteiger charge is -2.07. The summed E-state index contributed by atoms with van der Waals surface area (Å²) in [6.45, 7) is 0.359. The van der Waals surface area contributed by atoms with Gasteiger partial charge in [-0.25, -0.2) is 0 Å². The van der Waals surface area contributed by atoms with Crippen LogP contribution in [-0.2, 0) is 0 Å². The number of carbonyl (C=O) groups excluding carboxylic acids is 2. The van der Waals surface area contributed by atoms with Crippen LogP contribution in [-0.4, -0.2) is 40.3 Å². The number of nitrogens with one attached hydrogen (secondary N) is 2. The Balaban J connectivity index is 1.48. The lowest BCUT2D eigenvalue weighted by atomic mass is 10.1. The zero-order valence-electron chi connectivity index (χ0n) is 14.2. The summed E-state index contributed by atoms with van der Waals surface area (Å²) in [7, 11) is 0. The Morgan fingerprint density at radius 3 is 2.30 bits per heavy atom. The maximum atomic E-state index is 12.1. The normalized spacial score (nSPS) is 10.4. The third-order valence-corrected chi connectivity index (χ3v) is 3.73. The van der Waals surface area contributed by atoms with Crippen LogP contribution in [0.3, 0.4) is 0 Å². The summed E-state index contributed by atoms with van der Waals surface area (Å²) in [6.07, 6.45) is 0. The molecule has 27 heavy (non-hydrogen) atoms. The summed E-state index contributed by atoms with van der Waals surface area (Å²) < 4.78 is 5.17. The van der Waals surface area contributed by atoms with E-state index in [9.17, 15) is 19.8 Å². The van der Waals surface area contributed by atoms with E-state index in [1.165, 1.54) is 12.1 Å². The molecule has 4 N–H and O–H groups in total. The minimum Gasteiger partial charge on any atom is -0.504 e. The van der Waals surface area contributed by atoms with Gasteiger partial charge in [0.1, 0.15) is 0 Å². The minimum atomic E-state index is -0.438. The van der Waals surface area contributed by atoms with Crippen LogP contribution in [0.1, 0.15) is 20.8 Å². The first-order valence-electron chi connectivity index (χ1n) is 8.15. The fourth-order valence-electron chi connectivity index (χ4n) is 2.33. The molecular formula is C19H17N3O5. The number of amides is 2. The number of hydrogen-bond donors (Lipinski definition) is 4. The summed E-state index contributed by atoms with van der Waals surface area (Å²) in [6, 6.07) is 14.6. The van der Waals surface area contributed by atoms with Crippen LogP contribution in [0.5, 0.6) is 11.5 Å². The molecule has 2 aromatic carbocycles. The van der Waals surface area contributed by atoms with E-state index in [0.717, 1.165) is 11.6 Å². The second kappa shape index (κ2) is 8.05. The Kier molecular flexibility index (Phi) is 5.36. The van der Waals surface area contributed by atoms with Gasteiger partial charge in [-0.15, -0.1) is 0 Å². The third-order valence-electron chi connectivity index (χ3n) is 3.73. The van der Waals surface area contributed by atoms with Crippen LogP contribution in [0, 0.1) is 0 Å². The molecule has 0 radical (unpaired) electrons. The highest BCUT2D eigenvalue weighted by molar-refractivity contribution is 5.95. The average molecular weight is 367 g/mol. The van der Waals surface area contributed by atoms with E-state index in [-0.39, 0.29) is 35.8 Å². The van der Waals surface area contributed by atoms with Crippen LogP contribution in [0.25, 0.3) is 11.3 Å². The monoisotopic (exact) mass is 367 g/mol. The molecule has 0 aliphatic heterocycles. The molecule has 8 nitrogen and oxygen atoms in total. The van der Waals surface area contributed by atoms with Crippen molar-refractivity contribution in [2.24, 2.45) is 0 Å². The molecule has 0 saturated heterocycles. The molecule has 2 amide bonds. The first kappa shape index (κ1) is 18.0. The molecule has 0 saturated carbocycles. The maximum Gasteiger partial charge on any atom is 0.273 e. The first-order chi connectivity index (χ1) is 13.0. The molecule has 0 unspecified atom stereocenters. The lowest BCUT2D eigenvalue weighted by molar-refractivity contribution is 0.0922. The fourth-order valence-corrected chi connectivity index (χ4v) is 2.33. The van der Waals surface area contributed by atoms with Crippen molar-refractivity contribution in [3.8, 4) is 22.8 Å². The Labute approximate surface area is 154 Å². The van der Waals surface area contributed by atoms with Crippen molar-refractivity contribution in [2.75, 3.05) is 13.1 Å². The number of aromatic hydroxyl groups is 2. The molecule has 8 heteroatoms. The smallest absolute Gasteiger partial charge is 0.273 e. The Hall–Kier alpha value is -3.81. The molecule has 1 heterocycles. The van der Waals surface area contributed by atoms with Crippen molar-refractivity contribution >= 4 is 11.8 Å². The highest BCUT2D eigenvalue weighted by Gasteiger charge is 2.13. The predicted molar refractivity (Wildman–Crippen MR) is 96.4 cm³/mol. The summed E-state index contributed by atoms with van der Waals surface area (Å²) in [5.74, 6) is -1.05. The molecule has 0 aliphatic carbocycles. The second-order valence-electron chi connectivity index (χ2n) is 5.66. The molecule has 0 aliphatic rings. The molecule has 3 rings (SSSR count). The first-order valence-corrected chi connectivity index (χ1v) is 8.15. The Morgan fingerprint density at radius 2 is 1.59 bits per heavy atom. The molecule has 0 spiro atoms. The van der Waals surface area contributed by atoms with Crippen molar-refractivity contribution in [2.45, 2.75) is 0 Å². The highest BCUT2D eigenvalue weighted by atomic mass is 16.5. The van der Waals surface area contributed by atoms with Crippen molar-refractivity contribution in [1.82, 2.24) is 15.8 Å². The van der Waals surface area contributed by atoms with Gasteiger partial charge >= 0.3 is 0 Å². The van der Waals surface area contributed by atoms with E-state index >= 15 is 0 Å². The van der Waals surface area contributed by atoms with Crippen LogP contribution in [0.15, 0.2) is 59.1 Å². The molecule has 0 bridgehead atoms. The Bertz CT molecular complexity index is 953. The molecule has 3 aromatic rings. The topological polar surface area (TPSA) is 125 Å². The number of hydrogen-bond acceptors (Lipinski definition) is 6. The van der Waals surface area contributed by atoms with E-state index in [2.05, 4.69) is 15.8 Å². The zero-order valence-corrected chi connectivity index (χ0v) is 14.2. The van der Waals surface area contributed by atoms with Gasteiger partial charge < -0.3 is 25.4 Å². The van der Waals surface area contributed by atoms with Gasteiger partial charge in [-0.2, -0.15) is 0 Å². The van der Waals surface area contributed by atoms with Crippen molar-refractivity contribution in [3.63, 3.8) is 0 Å². The number of nitrogens with zero attached hydrogens (tertiary/aromatic N) is 1. The number of phenols is 2. The molecule has 0 fully saturated rings. The quantitative estimate of drug-likeness (QED) is 0.390. The van der Waals surface area contributed by atoms with Gasteiger partial charge in [0, 0.05) is 30.3 Å². The van der Waals surface area contributed by atoms with Gasteiger partial charge in [0.25, 0.3) is 11.8 Å². The second-order valence-corrected chi connectivity index (χ2v) is 5.66. The largest absolute Gasteiger partial charge is 0.504 e. The predicted octanol–water partition coefficient (Wildman–Crippen LogP) is 1.91. The van der Waals surface area contributed by atoms with E-state index < -0.39 is 11.8 Å². The summed E-state index contributed by atoms with van der Waals surface area (Å²) in [5, 5.41) is 27.6. The van der Waals surface area contributed by atoms with Gasteiger partial charge in [-0.1, -0.05) is 35.5 Å². The lowest BCUT2D eigenvalue weighted by Crippen LogP contribution is -2.34. The van der Waals surface area contributed by atoms with Crippen molar-refractivity contribution in [3.05, 3.63) is 65.9 Å². The van der Waals surface area contributed by atoms with E-state index in [4.69, 9.17) is 4.52 Å². The highest BCUT2D eigenvalue weighted by Crippen LogP contribution is 2.24. The van der Waals surface area contributed by atoms with Crippen LogP contribution >= 0.6 is 0 Å². The Morgan fingerprint density at radius 1 is 0.889 bits per heavy atom. The van der Waals surface area contributed by atoms with Crippen LogP contribution in [0.4, 0.5) is 0 Å². The molecule has 138 valence electrons. The number of phenolic OH excluding ortho intramolecular Hbond substituents is 2. The minimum absolute atomic E-state index is 0.142. The molecule has 1 aromatic heterocycles.